The number of para-hydroxylation sites is 2. The molecule has 1 aliphatic heterocycles. The number of nitrogens with zero attached hydrogens (tertiary/aromatic N) is 3. The number of ether oxygens (including phenoxy) is 1. The third-order valence-electron chi connectivity index (χ3n) is 7.06. The molecule has 1 atom stereocenters. The minimum absolute atomic E-state index is 0.0418. The summed E-state index contributed by atoms with van der Waals surface area (Å²) in [6, 6.07) is 22.3. The van der Waals surface area contributed by atoms with Gasteiger partial charge in [0.15, 0.2) is 0 Å². The maximum atomic E-state index is 14.2. The molecule has 0 saturated carbocycles. The molecule has 0 N–H and O–H groups in total. The highest BCUT2D eigenvalue weighted by Crippen LogP contribution is 2.42. The molecule has 0 fully saturated rings. The van der Waals surface area contributed by atoms with Crippen molar-refractivity contribution in [2.24, 2.45) is 0 Å². The van der Waals surface area contributed by atoms with Gasteiger partial charge in [-0.15, -0.1) is 0 Å². The molecule has 0 spiro atoms. The van der Waals surface area contributed by atoms with Crippen LogP contribution in [0.1, 0.15) is 67.4 Å². The van der Waals surface area contributed by atoms with Gasteiger partial charge in [-0.05, 0) is 73.5 Å². The van der Waals surface area contributed by atoms with Gasteiger partial charge in [0, 0.05) is 18.3 Å². The van der Waals surface area contributed by atoms with Gasteiger partial charge in [0.05, 0.1) is 29.9 Å². The number of hydrogen-bond donors (Lipinski definition) is 0. The van der Waals surface area contributed by atoms with Gasteiger partial charge in [-0.3, -0.25) is 14.5 Å². The molecule has 0 aliphatic carbocycles. The van der Waals surface area contributed by atoms with Crippen LogP contribution in [-0.2, 0) is 4.79 Å². The average molecular weight is 526 g/mol. The molecule has 39 heavy (non-hydrogen) atoms. The standard InChI is InChI=1S/C32H35N3O4/c1-3-5-19-33(32(37)24-15-17-25(18-16-24)38-21-6-4-2)23-30(36)35-27-12-8-7-11-26(27)34-20-9-13-28(34)31(35)29-14-10-22-39-29/h7-18,20,22,31H,3-6,19,21,23H2,1-2H3. The van der Waals surface area contributed by atoms with E-state index in [1.807, 2.05) is 66.9 Å². The summed E-state index contributed by atoms with van der Waals surface area (Å²) in [5.74, 6) is 1.08. The lowest BCUT2D eigenvalue weighted by Gasteiger charge is -2.38. The number of fused-ring (bicyclic) bond motifs is 3. The van der Waals surface area contributed by atoms with Crippen molar-refractivity contribution >= 4 is 17.5 Å². The summed E-state index contributed by atoms with van der Waals surface area (Å²) in [5, 5.41) is 0. The van der Waals surface area contributed by atoms with Crippen LogP contribution in [0.15, 0.2) is 89.7 Å². The van der Waals surface area contributed by atoms with Gasteiger partial charge in [-0.25, -0.2) is 0 Å². The van der Waals surface area contributed by atoms with Gasteiger partial charge in [0.25, 0.3) is 5.91 Å². The summed E-state index contributed by atoms with van der Waals surface area (Å²) in [6.45, 7) is 5.30. The Kier molecular flexibility index (Phi) is 8.16. The first-order valence-electron chi connectivity index (χ1n) is 13.8. The molecule has 4 aromatic rings. The molecule has 1 unspecified atom stereocenters. The Morgan fingerprint density at radius 2 is 1.67 bits per heavy atom. The van der Waals surface area contributed by atoms with E-state index < -0.39 is 6.04 Å². The molecule has 7 heteroatoms. The lowest BCUT2D eigenvalue weighted by atomic mass is 10.0. The normalized spacial score (nSPS) is 14.0. The number of rotatable bonds is 11. The Morgan fingerprint density at radius 3 is 2.38 bits per heavy atom. The van der Waals surface area contributed by atoms with Crippen molar-refractivity contribution in [3.05, 3.63) is 102 Å². The van der Waals surface area contributed by atoms with Crippen molar-refractivity contribution in [1.82, 2.24) is 9.47 Å². The van der Waals surface area contributed by atoms with E-state index in [0.717, 1.165) is 48.5 Å². The van der Waals surface area contributed by atoms with Crippen LogP contribution < -0.4 is 9.64 Å². The summed E-state index contributed by atoms with van der Waals surface area (Å²) >= 11 is 0. The zero-order chi connectivity index (χ0) is 27.2. The second kappa shape index (κ2) is 12.1. The van der Waals surface area contributed by atoms with Crippen LogP contribution in [0.3, 0.4) is 0 Å². The average Bonchev–Trinajstić information content (AvgIpc) is 3.68. The molecule has 0 bridgehead atoms. The van der Waals surface area contributed by atoms with Crippen molar-refractivity contribution in [1.29, 1.82) is 0 Å². The van der Waals surface area contributed by atoms with Gasteiger partial charge >= 0.3 is 0 Å². The van der Waals surface area contributed by atoms with Gasteiger partial charge in [0.2, 0.25) is 5.91 Å². The quantitative estimate of drug-likeness (QED) is 0.206. The fourth-order valence-corrected chi connectivity index (χ4v) is 5.03. The molecular formula is C32H35N3O4. The Labute approximate surface area is 229 Å². The maximum absolute atomic E-state index is 14.2. The first-order chi connectivity index (χ1) is 19.1. The monoisotopic (exact) mass is 525 g/mol. The van der Waals surface area contributed by atoms with Crippen LogP contribution in [0.2, 0.25) is 0 Å². The number of unbranched alkanes of at least 4 members (excludes halogenated alkanes) is 2. The van der Waals surface area contributed by atoms with E-state index in [0.29, 0.717) is 24.5 Å². The summed E-state index contributed by atoms with van der Waals surface area (Å²) in [7, 11) is 0. The summed E-state index contributed by atoms with van der Waals surface area (Å²) in [4.78, 5) is 31.3. The van der Waals surface area contributed by atoms with E-state index in [2.05, 4.69) is 18.4 Å². The van der Waals surface area contributed by atoms with E-state index in [1.165, 1.54) is 0 Å². The molecule has 3 heterocycles. The molecular weight excluding hydrogens is 490 g/mol. The molecule has 0 saturated heterocycles. The maximum Gasteiger partial charge on any atom is 0.254 e. The second-order valence-electron chi connectivity index (χ2n) is 9.78. The van der Waals surface area contributed by atoms with Crippen LogP contribution in [0.25, 0.3) is 5.69 Å². The highest BCUT2D eigenvalue weighted by molar-refractivity contribution is 6.02. The number of amides is 2. The van der Waals surface area contributed by atoms with Gasteiger partial charge in [-0.1, -0.05) is 38.8 Å². The van der Waals surface area contributed by atoms with Crippen LogP contribution in [0, 0.1) is 0 Å². The van der Waals surface area contributed by atoms with E-state index >= 15 is 0 Å². The number of aromatic nitrogens is 1. The predicted molar refractivity (Wildman–Crippen MR) is 151 cm³/mol. The molecule has 2 amide bonds. The van der Waals surface area contributed by atoms with Crippen LogP contribution in [-0.4, -0.2) is 41.0 Å². The van der Waals surface area contributed by atoms with Crippen molar-refractivity contribution in [2.45, 2.75) is 45.6 Å². The lowest BCUT2D eigenvalue weighted by Crippen LogP contribution is -2.47. The molecule has 2 aromatic heterocycles. The first-order valence-corrected chi connectivity index (χ1v) is 13.8. The number of carbonyl (C=O) groups excluding carboxylic acids is 2. The smallest absolute Gasteiger partial charge is 0.254 e. The van der Waals surface area contributed by atoms with Crippen molar-refractivity contribution in [3.8, 4) is 11.4 Å². The first kappa shape index (κ1) is 26.4. The number of furan rings is 1. The van der Waals surface area contributed by atoms with Crippen LogP contribution >= 0.6 is 0 Å². The zero-order valence-corrected chi connectivity index (χ0v) is 22.6. The largest absolute Gasteiger partial charge is 0.494 e. The third-order valence-corrected chi connectivity index (χ3v) is 7.06. The molecule has 5 rings (SSSR count). The zero-order valence-electron chi connectivity index (χ0n) is 22.6. The van der Waals surface area contributed by atoms with Crippen molar-refractivity contribution in [3.63, 3.8) is 0 Å². The minimum Gasteiger partial charge on any atom is -0.494 e. The minimum atomic E-state index is -0.444. The van der Waals surface area contributed by atoms with Crippen molar-refractivity contribution in [2.75, 3.05) is 24.6 Å². The number of anilines is 1. The summed E-state index contributed by atoms with van der Waals surface area (Å²) in [6.07, 6.45) is 7.38. The third kappa shape index (κ3) is 5.48. The van der Waals surface area contributed by atoms with E-state index in [4.69, 9.17) is 9.15 Å². The van der Waals surface area contributed by atoms with Gasteiger partial charge in [-0.2, -0.15) is 0 Å². The molecule has 2 aromatic carbocycles. The molecule has 1 aliphatic rings. The topological polar surface area (TPSA) is 67.9 Å². The fraction of sp³-hybridized carbons (Fsp3) is 0.312. The van der Waals surface area contributed by atoms with E-state index in [1.54, 1.807) is 28.2 Å². The number of benzene rings is 2. The molecule has 0 radical (unpaired) electrons. The second-order valence-corrected chi connectivity index (χ2v) is 9.78. The van der Waals surface area contributed by atoms with E-state index in [-0.39, 0.29) is 18.4 Å². The van der Waals surface area contributed by atoms with E-state index in [9.17, 15) is 9.59 Å². The Morgan fingerprint density at radius 1 is 0.897 bits per heavy atom. The molecule has 202 valence electrons. The van der Waals surface area contributed by atoms with Gasteiger partial charge < -0.3 is 18.6 Å². The Bertz CT molecular complexity index is 1390. The number of carbonyl (C=O) groups is 2. The van der Waals surface area contributed by atoms with Crippen molar-refractivity contribution < 1.29 is 18.7 Å². The highest BCUT2D eigenvalue weighted by atomic mass is 16.5. The summed E-state index contributed by atoms with van der Waals surface area (Å²) in [5.41, 5.74) is 3.17. The summed E-state index contributed by atoms with van der Waals surface area (Å²) < 4.78 is 13.7. The van der Waals surface area contributed by atoms with Crippen LogP contribution in [0.4, 0.5) is 5.69 Å². The van der Waals surface area contributed by atoms with Crippen LogP contribution in [0.5, 0.6) is 5.75 Å². The highest BCUT2D eigenvalue weighted by Gasteiger charge is 2.38. The fourth-order valence-electron chi connectivity index (χ4n) is 5.03. The lowest BCUT2D eigenvalue weighted by molar-refractivity contribution is -0.119. The molecule has 7 nitrogen and oxygen atoms in total. The van der Waals surface area contributed by atoms with Gasteiger partial charge in [0.1, 0.15) is 24.1 Å². The predicted octanol–water partition coefficient (Wildman–Crippen LogP) is 6.63. The SMILES string of the molecule is CCCCOc1ccc(C(=O)N(CCCC)CC(=O)N2c3ccccc3-n3cccc3C2c2ccco2)cc1. The Balaban J connectivity index is 1.43. The number of hydrogen-bond acceptors (Lipinski definition) is 4. The Hall–Kier alpha value is -4.26.